The lowest BCUT2D eigenvalue weighted by molar-refractivity contribution is -0.139. The minimum atomic E-state index is -0.130. The van der Waals surface area contributed by atoms with Crippen LogP contribution in [0.3, 0.4) is 0 Å². The van der Waals surface area contributed by atoms with Crippen molar-refractivity contribution in [3.63, 3.8) is 0 Å². The van der Waals surface area contributed by atoms with Gasteiger partial charge in [0, 0.05) is 37.4 Å². The number of aromatic amines is 1. The first-order valence-electron chi connectivity index (χ1n) is 11.7. The van der Waals surface area contributed by atoms with Crippen molar-refractivity contribution in [2.45, 2.75) is 71.4 Å². The SMILES string of the molecule is CC(C)C(=O)N1CCCC[C@H]1c1cc2nc3c(c(=O)n2[nH]1)CN(C(=O)C1CCC1)CC3. The van der Waals surface area contributed by atoms with Gasteiger partial charge in [-0.1, -0.05) is 20.3 Å². The molecule has 2 aromatic heterocycles. The Balaban J connectivity index is 1.47. The van der Waals surface area contributed by atoms with E-state index in [1.54, 1.807) is 0 Å². The van der Waals surface area contributed by atoms with E-state index in [1.807, 2.05) is 29.7 Å². The molecule has 1 aliphatic carbocycles. The van der Waals surface area contributed by atoms with Gasteiger partial charge in [0.1, 0.15) is 0 Å². The Morgan fingerprint density at radius 2 is 1.94 bits per heavy atom. The third-order valence-corrected chi connectivity index (χ3v) is 7.19. The molecule has 4 heterocycles. The van der Waals surface area contributed by atoms with Gasteiger partial charge in [-0.3, -0.25) is 19.5 Å². The van der Waals surface area contributed by atoms with Gasteiger partial charge in [0.2, 0.25) is 11.8 Å². The summed E-state index contributed by atoms with van der Waals surface area (Å²) in [7, 11) is 0. The van der Waals surface area contributed by atoms with Crippen molar-refractivity contribution in [1.82, 2.24) is 24.4 Å². The van der Waals surface area contributed by atoms with Crippen molar-refractivity contribution in [2.75, 3.05) is 13.1 Å². The lowest BCUT2D eigenvalue weighted by Gasteiger charge is -2.36. The van der Waals surface area contributed by atoms with Crippen molar-refractivity contribution in [1.29, 1.82) is 0 Å². The molecule has 8 nitrogen and oxygen atoms in total. The van der Waals surface area contributed by atoms with Crippen LogP contribution in [0.1, 0.15) is 75.4 Å². The van der Waals surface area contributed by atoms with Crippen molar-refractivity contribution < 1.29 is 9.59 Å². The van der Waals surface area contributed by atoms with Gasteiger partial charge in [0.05, 0.1) is 29.5 Å². The molecule has 2 aliphatic heterocycles. The van der Waals surface area contributed by atoms with Crippen molar-refractivity contribution in [3.05, 3.63) is 33.4 Å². The predicted octanol–water partition coefficient (Wildman–Crippen LogP) is 2.42. The van der Waals surface area contributed by atoms with Gasteiger partial charge >= 0.3 is 0 Å². The Hall–Kier alpha value is -2.64. The van der Waals surface area contributed by atoms with Crippen LogP contribution in [0.4, 0.5) is 0 Å². The molecule has 166 valence electrons. The number of carbonyl (C=O) groups excluding carboxylic acids is 2. The summed E-state index contributed by atoms with van der Waals surface area (Å²) in [6.45, 7) is 5.57. The van der Waals surface area contributed by atoms with Crippen molar-refractivity contribution >= 4 is 17.5 Å². The maximum Gasteiger partial charge on any atom is 0.277 e. The molecule has 2 fully saturated rings. The molecule has 0 unspecified atom stereocenters. The third kappa shape index (κ3) is 3.46. The molecular formula is C23H31N5O3. The highest BCUT2D eigenvalue weighted by Crippen LogP contribution is 2.32. The molecule has 2 aromatic rings. The van der Waals surface area contributed by atoms with Crippen LogP contribution in [0.25, 0.3) is 5.65 Å². The van der Waals surface area contributed by atoms with Crippen LogP contribution in [0.5, 0.6) is 0 Å². The van der Waals surface area contributed by atoms with Crippen molar-refractivity contribution in [2.24, 2.45) is 11.8 Å². The molecule has 5 rings (SSSR count). The zero-order valence-electron chi connectivity index (χ0n) is 18.4. The van der Waals surface area contributed by atoms with E-state index in [2.05, 4.69) is 5.10 Å². The second-order valence-corrected chi connectivity index (χ2v) is 9.58. The first kappa shape index (κ1) is 20.3. The number of fused-ring (bicyclic) bond motifs is 2. The van der Waals surface area contributed by atoms with Crippen LogP contribution in [0.15, 0.2) is 10.9 Å². The van der Waals surface area contributed by atoms with Crippen LogP contribution >= 0.6 is 0 Å². The number of amides is 2. The normalized spacial score (nSPS) is 22.0. The van der Waals surface area contributed by atoms with E-state index in [0.717, 1.165) is 56.5 Å². The molecule has 1 saturated carbocycles. The van der Waals surface area contributed by atoms with Gasteiger partial charge in [-0.25, -0.2) is 9.50 Å². The predicted molar refractivity (Wildman–Crippen MR) is 115 cm³/mol. The summed E-state index contributed by atoms with van der Waals surface area (Å²) >= 11 is 0. The molecule has 1 saturated heterocycles. The Morgan fingerprint density at radius 3 is 2.65 bits per heavy atom. The smallest absolute Gasteiger partial charge is 0.277 e. The van der Waals surface area contributed by atoms with E-state index >= 15 is 0 Å². The summed E-state index contributed by atoms with van der Waals surface area (Å²) in [6.07, 6.45) is 6.60. The molecular weight excluding hydrogens is 394 g/mol. The summed E-state index contributed by atoms with van der Waals surface area (Å²) in [5, 5.41) is 3.24. The Kier molecular flexibility index (Phi) is 5.10. The fourth-order valence-corrected chi connectivity index (χ4v) is 5.12. The maximum absolute atomic E-state index is 13.3. The van der Waals surface area contributed by atoms with E-state index in [9.17, 15) is 14.4 Å². The topological polar surface area (TPSA) is 90.8 Å². The number of nitrogens with zero attached hydrogens (tertiary/aromatic N) is 4. The van der Waals surface area contributed by atoms with Gasteiger partial charge in [-0.2, -0.15) is 0 Å². The fourth-order valence-electron chi connectivity index (χ4n) is 5.12. The number of hydrogen-bond donors (Lipinski definition) is 1. The number of piperidine rings is 1. The molecule has 0 bridgehead atoms. The number of nitrogens with one attached hydrogen (secondary N) is 1. The minimum Gasteiger partial charge on any atom is -0.337 e. The van der Waals surface area contributed by atoms with Crippen LogP contribution in [0.2, 0.25) is 0 Å². The highest BCUT2D eigenvalue weighted by atomic mass is 16.2. The third-order valence-electron chi connectivity index (χ3n) is 7.19. The fraction of sp³-hybridized carbons (Fsp3) is 0.652. The van der Waals surface area contributed by atoms with Gasteiger partial charge in [-0.05, 0) is 32.1 Å². The van der Waals surface area contributed by atoms with Crippen LogP contribution in [-0.2, 0) is 22.6 Å². The number of rotatable bonds is 3. The largest absolute Gasteiger partial charge is 0.337 e. The average Bonchev–Trinajstić information content (AvgIpc) is 3.16. The molecule has 0 spiro atoms. The number of H-pyrrole nitrogens is 1. The second-order valence-electron chi connectivity index (χ2n) is 9.58. The van der Waals surface area contributed by atoms with Gasteiger partial charge in [-0.15, -0.1) is 0 Å². The number of aromatic nitrogens is 3. The lowest BCUT2D eigenvalue weighted by Crippen LogP contribution is -2.44. The van der Waals surface area contributed by atoms with E-state index in [1.165, 1.54) is 4.52 Å². The van der Waals surface area contributed by atoms with Crippen LogP contribution in [0, 0.1) is 11.8 Å². The number of carbonyl (C=O) groups is 2. The van der Waals surface area contributed by atoms with Gasteiger partial charge in [0.25, 0.3) is 5.56 Å². The second kappa shape index (κ2) is 7.80. The minimum absolute atomic E-state index is 0.0570. The molecule has 1 atom stereocenters. The summed E-state index contributed by atoms with van der Waals surface area (Å²) in [5.74, 6) is 0.401. The van der Waals surface area contributed by atoms with Crippen LogP contribution in [-0.4, -0.2) is 49.3 Å². The number of hydrogen-bond acceptors (Lipinski definition) is 4. The van der Waals surface area contributed by atoms with Crippen LogP contribution < -0.4 is 5.56 Å². The molecule has 8 heteroatoms. The standard InChI is InChI=1S/C23H31N5O3/c1-14(2)21(29)27-10-4-3-8-19(27)18-12-20-24-17-9-11-26(22(30)15-6-5-7-15)13-16(17)23(31)28(20)25-18/h12,14-15,19,25H,3-11,13H2,1-2H3/t19-/m0/s1. The lowest BCUT2D eigenvalue weighted by atomic mass is 9.84. The summed E-state index contributed by atoms with van der Waals surface area (Å²) in [6, 6.07) is 1.86. The summed E-state index contributed by atoms with van der Waals surface area (Å²) < 4.78 is 1.50. The van der Waals surface area contributed by atoms with E-state index in [4.69, 9.17) is 4.98 Å². The first-order valence-corrected chi connectivity index (χ1v) is 11.7. The van der Waals surface area contributed by atoms with Gasteiger partial charge in [0.15, 0.2) is 5.65 Å². The zero-order chi connectivity index (χ0) is 21.7. The summed E-state index contributed by atoms with van der Waals surface area (Å²) in [5.41, 5.74) is 2.74. The molecule has 0 radical (unpaired) electrons. The zero-order valence-corrected chi connectivity index (χ0v) is 18.4. The molecule has 31 heavy (non-hydrogen) atoms. The monoisotopic (exact) mass is 425 g/mol. The maximum atomic E-state index is 13.3. The first-order chi connectivity index (χ1) is 14.9. The van der Waals surface area contributed by atoms with Gasteiger partial charge < -0.3 is 9.80 Å². The van der Waals surface area contributed by atoms with E-state index < -0.39 is 0 Å². The Morgan fingerprint density at radius 1 is 1.13 bits per heavy atom. The van der Waals surface area contributed by atoms with E-state index in [0.29, 0.717) is 30.7 Å². The molecule has 2 amide bonds. The highest BCUT2D eigenvalue weighted by Gasteiger charge is 2.34. The number of likely N-dealkylation sites (tertiary alicyclic amines) is 1. The highest BCUT2D eigenvalue weighted by molar-refractivity contribution is 5.80. The van der Waals surface area contributed by atoms with Crippen molar-refractivity contribution in [3.8, 4) is 0 Å². The Bertz CT molecular complexity index is 1080. The quantitative estimate of drug-likeness (QED) is 0.818. The molecule has 0 aromatic carbocycles. The van der Waals surface area contributed by atoms with E-state index in [-0.39, 0.29) is 35.3 Å². The average molecular weight is 426 g/mol. The molecule has 3 aliphatic rings. The Labute approximate surface area is 181 Å². The molecule has 1 N–H and O–H groups in total. The summed E-state index contributed by atoms with van der Waals surface area (Å²) in [4.78, 5) is 47.3.